The van der Waals surface area contributed by atoms with Crippen molar-refractivity contribution in [2.24, 2.45) is 11.8 Å². The predicted molar refractivity (Wildman–Crippen MR) is 152 cm³/mol. The zero-order valence-corrected chi connectivity index (χ0v) is 22.7. The number of likely N-dealkylation sites (tertiary alicyclic amines) is 1. The Labute approximate surface area is 220 Å². The van der Waals surface area contributed by atoms with E-state index in [-0.39, 0.29) is 0 Å². The van der Waals surface area contributed by atoms with Gasteiger partial charge in [-0.1, -0.05) is 55.5 Å². The molecule has 0 atom stereocenters. The van der Waals surface area contributed by atoms with Gasteiger partial charge in [0.05, 0.1) is 11.6 Å². The second-order valence-corrected chi connectivity index (χ2v) is 11.7. The lowest BCUT2D eigenvalue weighted by Crippen LogP contribution is -2.36. The van der Waals surface area contributed by atoms with Crippen molar-refractivity contribution in [3.8, 4) is 11.1 Å². The molecule has 0 spiro atoms. The van der Waals surface area contributed by atoms with E-state index in [0.29, 0.717) is 11.8 Å². The monoisotopic (exact) mass is 507 g/mol. The van der Waals surface area contributed by atoms with Gasteiger partial charge >= 0.3 is 0 Å². The minimum Gasteiger partial charge on any atom is -0.380 e. The van der Waals surface area contributed by atoms with Crippen LogP contribution in [0.25, 0.3) is 21.3 Å². The number of hydrogen-bond donors (Lipinski definition) is 1. The Morgan fingerprint density at radius 3 is 2.61 bits per heavy atom. The van der Waals surface area contributed by atoms with Crippen LogP contribution in [0.1, 0.15) is 46.0 Å². The van der Waals surface area contributed by atoms with Crippen LogP contribution in [0.15, 0.2) is 36.5 Å². The van der Waals surface area contributed by atoms with Gasteiger partial charge in [-0.2, -0.15) is 0 Å². The molecule has 1 aromatic carbocycles. The molecule has 0 unspecified atom stereocenters. The number of ether oxygens (including phenoxy) is 1. The number of nitrogens with one attached hydrogen (secondary N) is 1. The van der Waals surface area contributed by atoms with Crippen LogP contribution in [0.3, 0.4) is 0 Å². The first-order valence-corrected chi connectivity index (χ1v) is 14.6. The summed E-state index contributed by atoms with van der Waals surface area (Å²) in [4.78, 5) is 15.8. The number of piperidine rings is 1. The molecule has 1 N–H and O–H groups in total. The molecule has 0 saturated carbocycles. The number of thiophene rings is 1. The number of fused-ring (bicyclic) bond motifs is 1. The Hall–Kier alpha value is -2.22. The van der Waals surface area contributed by atoms with Crippen LogP contribution in [-0.4, -0.2) is 67.4 Å². The predicted octanol–water partition coefficient (Wildman–Crippen LogP) is 6.15. The first-order valence-electron chi connectivity index (χ1n) is 13.8. The van der Waals surface area contributed by atoms with E-state index in [0.717, 1.165) is 74.8 Å². The Balaban J connectivity index is 1.22. The molecular weight excluding hydrogens is 466 g/mol. The Morgan fingerprint density at radius 1 is 1.08 bits per heavy atom. The molecule has 0 bridgehead atoms. The first-order chi connectivity index (χ1) is 17.7. The summed E-state index contributed by atoms with van der Waals surface area (Å²) in [5.74, 6) is 2.19. The van der Waals surface area contributed by atoms with Gasteiger partial charge in [0.25, 0.3) is 0 Å². The summed E-state index contributed by atoms with van der Waals surface area (Å²) in [7, 11) is 0. The van der Waals surface area contributed by atoms with Gasteiger partial charge in [0, 0.05) is 49.9 Å². The van der Waals surface area contributed by atoms with E-state index < -0.39 is 0 Å². The van der Waals surface area contributed by atoms with E-state index in [2.05, 4.69) is 59.3 Å². The first kappa shape index (κ1) is 25.4. The van der Waals surface area contributed by atoms with E-state index in [1.165, 1.54) is 42.1 Å². The molecule has 36 heavy (non-hydrogen) atoms. The average Bonchev–Trinajstić information content (AvgIpc) is 3.54. The van der Waals surface area contributed by atoms with E-state index in [9.17, 15) is 0 Å². The minimum absolute atomic E-state index is 0.645. The molecule has 7 heteroatoms. The lowest BCUT2D eigenvalue weighted by molar-refractivity contribution is 0.0752. The van der Waals surface area contributed by atoms with E-state index >= 15 is 0 Å². The van der Waals surface area contributed by atoms with Crippen LogP contribution in [0.5, 0.6) is 0 Å². The summed E-state index contributed by atoms with van der Waals surface area (Å²) in [6.45, 7) is 12.9. The number of nitrogens with zero attached hydrogens (tertiary/aromatic N) is 4. The molecule has 0 amide bonds. The van der Waals surface area contributed by atoms with Crippen molar-refractivity contribution < 1.29 is 4.74 Å². The zero-order chi connectivity index (χ0) is 24.7. The fourth-order valence-corrected chi connectivity index (χ4v) is 6.36. The molecule has 0 aliphatic carbocycles. The largest absolute Gasteiger partial charge is 0.380 e. The highest BCUT2D eigenvalue weighted by atomic mass is 32.1. The molecule has 194 valence electrons. The van der Waals surface area contributed by atoms with Gasteiger partial charge in [0.15, 0.2) is 0 Å². The smallest absolute Gasteiger partial charge is 0.226 e. The Kier molecular flexibility index (Phi) is 8.72. The molecule has 2 aliphatic heterocycles. The van der Waals surface area contributed by atoms with Gasteiger partial charge in [-0.25, -0.2) is 9.97 Å². The number of aromatic nitrogens is 2. The molecule has 5 rings (SSSR count). The third kappa shape index (κ3) is 6.36. The molecule has 0 radical (unpaired) electrons. The fraction of sp³-hybridized carbons (Fsp3) is 0.586. The third-order valence-corrected chi connectivity index (χ3v) is 8.56. The van der Waals surface area contributed by atoms with Crippen LogP contribution in [0, 0.1) is 11.8 Å². The Bertz CT molecular complexity index is 1090. The SMILES string of the molecule is CC(C)CCNc1sc2nc(N3CCC(COCCN4CCCC4)CC3)ncc2c1-c1ccccc1. The summed E-state index contributed by atoms with van der Waals surface area (Å²) in [6, 6.07) is 10.6. The van der Waals surface area contributed by atoms with Gasteiger partial charge in [-0.15, -0.1) is 0 Å². The van der Waals surface area contributed by atoms with Gasteiger partial charge in [-0.05, 0) is 62.6 Å². The van der Waals surface area contributed by atoms with E-state index in [1.54, 1.807) is 11.3 Å². The fourth-order valence-electron chi connectivity index (χ4n) is 5.27. The second-order valence-electron chi connectivity index (χ2n) is 10.7. The summed E-state index contributed by atoms with van der Waals surface area (Å²) < 4.78 is 6.04. The van der Waals surface area contributed by atoms with Crippen molar-refractivity contribution in [2.45, 2.75) is 46.0 Å². The maximum Gasteiger partial charge on any atom is 0.226 e. The number of hydrogen-bond acceptors (Lipinski definition) is 7. The van der Waals surface area contributed by atoms with Gasteiger partial charge < -0.3 is 19.9 Å². The van der Waals surface area contributed by atoms with Crippen molar-refractivity contribution in [3.05, 3.63) is 36.5 Å². The van der Waals surface area contributed by atoms with Gasteiger partial charge in [0.2, 0.25) is 5.95 Å². The highest BCUT2D eigenvalue weighted by Crippen LogP contribution is 2.42. The summed E-state index contributed by atoms with van der Waals surface area (Å²) >= 11 is 1.76. The topological polar surface area (TPSA) is 53.5 Å². The van der Waals surface area contributed by atoms with Crippen LogP contribution in [-0.2, 0) is 4.74 Å². The molecule has 2 aliphatic rings. The molecule has 3 aromatic rings. The van der Waals surface area contributed by atoms with Crippen LogP contribution in [0.2, 0.25) is 0 Å². The normalized spacial score (nSPS) is 17.5. The maximum absolute atomic E-state index is 6.04. The van der Waals surface area contributed by atoms with Crippen molar-refractivity contribution in [2.75, 3.05) is 62.7 Å². The lowest BCUT2D eigenvalue weighted by atomic mass is 9.98. The summed E-state index contributed by atoms with van der Waals surface area (Å²) in [6.07, 6.45) is 8.18. The average molecular weight is 508 g/mol. The van der Waals surface area contributed by atoms with Crippen LogP contribution < -0.4 is 10.2 Å². The Morgan fingerprint density at radius 2 is 1.86 bits per heavy atom. The minimum atomic E-state index is 0.645. The molecule has 6 nitrogen and oxygen atoms in total. The molecule has 2 fully saturated rings. The van der Waals surface area contributed by atoms with Crippen molar-refractivity contribution in [1.82, 2.24) is 14.9 Å². The second kappa shape index (κ2) is 12.3. The molecule has 4 heterocycles. The van der Waals surface area contributed by atoms with Crippen molar-refractivity contribution >= 4 is 32.5 Å². The number of benzene rings is 1. The maximum atomic E-state index is 6.04. The number of rotatable bonds is 11. The molecule has 2 aromatic heterocycles. The zero-order valence-electron chi connectivity index (χ0n) is 21.9. The molecule has 2 saturated heterocycles. The summed E-state index contributed by atoms with van der Waals surface area (Å²) in [5.41, 5.74) is 2.45. The quantitative estimate of drug-likeness (QED) is 0.314. The lowest BCUT2D eigenvalue weighted by Gasteiger charge is -2.31. The van der Waals surface area contributed by atoms with Gasteiger partial charge in [0.1, 0.15) is 4.83 Å². The number of anilines is 2. The molecular formula is C29H41N5OS. The third-order valence-electron chi connectivity index (χ3n) is 7.51. The van der Waals surface area contributed by atoms with E-state index in [4.69, 9.17) is 14.7 Å². The van der Waals surface area contributed by atoms with Crippen LogP contribution in [0.4, 0.5) is 10.9 Å². The van der Waals surface area contributed by atoms with Crippen molar-refractivity contribution in [3.63, 3.8) is 0 Å². The highest BCUT2D eigenvalue weighted by Gasteiger charge is 2.23. The van der Waals surface area contributed by atoms with Crippen molar-refractivity contribution in [1.29, 1.82) is 0 Å². The van der Waals surface area contributed by atoms with E-state index in [1.807, 2.05) is 6.20 Å². The van der Waals surface area contributed by atoms with Crippen LogP contribution >= 0.6 is 11.3 Å². The highest BCUT2D eigenvalue weighted by molar-refractivity contribution is 7.23. The summed E-state index contributed by atoms with van der Waals surface area (Å²) in [5, 5.41) is 6.04. The van der Waals surface area contributed by atoms with Gasteiger partial charge in [-0.3, -0.25) is 0 Å². The standard InChI is InChI=1S/C29H41N5OS/c1-22(2)10-13-30-28-26(24-8-4-3-5-9-24)25-20-31-29(32-27(25)36-28)34-16-11-23(12-17-34)21-35-19-18-33-14-6-7-15-33/h3-5,8-9,20,22-23,30H,6-7,10-19,21H2,1-2H3.